The zero-order chi connectivity index (χ0) is 30.6. The van der Waals surface area contributed by atoms with Gasteiger partial charge in [0, 0.05) is 42.2 Å². The number of piperazine rings is 1. The average molecular weight is 621 g/mol. The van der Waals surface area contributed by atoms with Gasteiger partial charge in [-0.1, -0.05) is 36.4 Å². The van der Waals surface area contributed by atoms with Crippen molar-refractivity contribution >= 4 is 23.5 Å². The highest BCUT2D eigenvalue weighted by Gasteiger charge is 2.55. The van der Waals surface area contributed by atoms with E-state index in [1.54, 1.807) is 4.90 Å². The predicted molar refractivity (Wildman–Crippen MR) is 164 cm³/mol. The molecule has 2 aromatic rings. The molecule has 1 saturated carbocycles. The van der Waals surface area contributed by atoms with Crippen molar-refractivity contribution in [3.05, 3.63) is 58.3 Å². The normalized spacial score (nSPS) is 30.4. The van der Waals surface area contributed by atoms with Crippen LogP contribution < -0.4 is 9.64 Å². The van der Waals surface area contributed by atoms with Gasteiger partial charge < -0.3 is 19.3 Å². The van der Waals surface area contributed by atoms with Crippen LogP contribution in [0, 0.1) is 17.2 Å². The number of hydrogen-bond acceptors (Lipinski definition) is 8. The van der Waals surface area contributed by atoms with Crippen LogP contribution in [0.5, 0.6) is 6.01 Å². The maximum absolute atomic E-state index is 17.1. The Kier molecular flexibility index (Phi) is 7.45. The molecule has 1 amide bonds. The van der Waals surface area contributed by atoms with Gasteiger partial charge in [-0.15, -0.1) is 0 Å². The fraction of sp³-hybridized carbons (Fsp3) is 0.576. The van der Waals surface area contributed by atoms with E-state index in [4.69, 9.17) is 31.0 Å². The number of aromatic nitrogens is 2. The van der Waals surface area contributed by atoms with Crippen molar-refractivity contribution in [3.8, 4) is 12.1 Å². The van der Waals surface area contributed by atoms with Crippen LogP contribution in [-0.4, -0.2) is 83.9 Å². The number of nitriles is 1. The van der Waals surface area contributed by atoms with Gasteiger partial charge in [0.1, 0.15) is 19.0 Å². The lowest BCUT2D eigenvalue weighted by Gasteiger charge is -2.43. The largest absolute Gasteiger partial charge is 0.461 e. The molecule has 9 nitrogen and oxygen atoms in total. The van der Waals surface area contributed by atoms with Crippen LogP contribution in [0.2, 0.25) is 5.02 Å². The van der Waals surface area contributed by atoms with Crippen molar-refractivity contribution in [2.45, 2.75) is 68.1 Å². The minimum atomic E-state index is -1.35. The second-order valence-electron chi connectivity index (χ2n) is 13.2. The Balaban J connectivity index is 1.23. The molecular formula is C33H38ClFN6O3. The molecule has 1 unspecified atom stereocenters. The first-order valence-electron chi connectivity index (χ1n) is 15.6. The van der Waals surface area contributed by atoms with Crippen LogP contribution in [0.15, 0.2) is 30.9 Å². The number of anilines is 1. The maximum atomic E-state index is 17.1. The van der Waals surface area contributed by atoms with E-state index in [9.17, 15) is 10.1 Å². The number of amides is 1. The predicted octanol–water partition coefficient (Wildman–Crippen LogP) is 5.17. The summed E-state index contributed by atoms with van der Waals surface area (Å²) in [5, 5.41) is 10.3. The number of rotatable bonds is 7. The Bertz CT molecular complexity index is 1530. The minimum Gasteiger partial charge on any atom is -0.461 e. The van der Waals surface area contributed by atoms with Crippen molar-refractivity contribution in [2.75, 3.05) is 51.3 Å². The standard InChI is InChI=1S/C33H38ClFN6O3/c1-3-15-43-31(42)41-14-13-40(19-22(41)9-12-36)29-24-8-11-33(10-7-23-25(33)5-4-6-26(23)34)28(35)27(24)37-30(38-29)44-20-32-16-21(17-32)18-39(32)2/h3-6,21-22,28H,1,7-11,13-20H2,2H3/t21?,22-,28?,32?,33+/m0/s1. The third-order valence-corrected chi connectivity index (χ3v) is 11.2. The van der Waals surface area contributed by atoms with E-state index >= 15 is 4.39 Å². The monoisotopic (exact) mass is 620 g/mol. The van der Waals surface area contributed by atoms with Gasteiger partial charge in [-0.25, -0.2) is 9.18 Å². The number of ether oxygens (including phenoxy) is 2. The zero-order valence-corrected chi connectivity index (χ0v) is 25.9. The second-order valence-corrected chi connectivity index (χ2v) is 13.6. The molecule has 3 atom stereocenters. The van der Waals surface area contributed by atoms with Crippen LogP contribution in [0.4, 0.5) is 15.0 Å². The van der Waals surface area contributed by atoms with Crippen molar-refractivity contribution in [1.82, 2.24) is 19.8 Å². The molecule has 1 aromatic carbocycles. The van der Waals surface area contributed by atoms with E-state index in [0.717, 1.165) is 42.5 Å². The van der Waals surface area contributed by atoms with Gasteiger partial charge in [-0.05, 0) is 68.7 Å². The number of carbonyl (C=O) groups is 1. The smallest absolute Gasteiger partial charge is 0.410 e. The number of alkyl halides is 1. The number of benzene rings is 1. The van der Waals surface area contributed by atoms with Crippen LogP contribution in [0.1, 0.15) is 60.7 Å². The highest BCUT2D eigenvalue weighted by Crippen LogP contribution is 2.57. The molecule has 8 rings (SSSR count). The molecule has 44 heavy (non-hydrogen) atoms. The number of fused-ring (bicyclic) bond motifs is 4. The summed E-state index contributed by atoms with van der Waals surface area (Å²) in [4.78, 5) is 28.5. The molecule has 0 radical (unpaired) electrons. The van der Waals surface area contributed by atoms with E-state index in [2.05, 4.69) is 29.5 Å². The van der Waals surface area contributed by atoms with E-state index in [1.807, 2.05) is 18.2 Å². The summed E-state index contributed by atoms with van der Waals surface area (Å²) >= 11 is 6.56. The van der Waals surface area contributed by atoms with Crippen LogP contribution in [0.25, 0.3) is 0 Å². The molecule has 4 heterocycles. The summed E-state index contributed by atoms with van der Waals surface area (Å²) in [6.07, 6.45) is 4.66. The number of hydrogen-bond donors (Lipinski definition) is 0. The van der Waals surface area contributed by atoms with Gasteiger partial charge in [0.05, 0.1) is 29.8 Å². The first kappa shape index (κ1) is 29.3. The summed E-state index contributed by atoms with van der Waals surface area (Å²) in [5.41, 5.74) is 2.48. The quantitative estimate of drug-likeness (QED) is 0.391. The summed E-state index contributed by atoms with van der Waals surface area (Å²) in [5.74, 6) is 1.34. The molecule has 4 fully saturated rings. The van der Waals surface area contributed by atoms with Gasteiger partial charge in [0.2, 0.25) is 0 Å². The first-order valence-corrected chi connectivity index (χ1v) is 16.0. The van der Waals surface area contributed by atoms with Gasteiger partial charge in [-0.2, -0.15) is 15.2 Å². The lowest BCUT2D eigenvalue weighted by atomic mass is 9.68. The van der Waals surface area contributed by atoms with Crippen molar-refractivity contribution in [1.29, 1.82) is 5.26 Å². The van der Waals surface area contributed by atoms with Crippen LogP contribution in [-0.2, 0) is 23.0 Å². The van der Waals surface area contributed by atoms with Crippen LogP contribution in [0.3, 0.4) is 0 Å². The molecule has 3 aliphatic heterocycles. The molecule has 6 aliphatic rings. The Labute approximate surface area is 262 Å². The van der Waals surface area contributed by atoms with Crippen molar-refractivity contribution in [3.63, 3.8) is 0 Å². The van der Waals surface area contributed by atoms with Gasteiger partial charge in [-0.3, -0.25) is 4.90 Å². The van der Waals surface area contributed by atoms with Gasteiger partial charge in [0.15, 0.2) is 6.17 Å². The number of halogens is 2. The maximum Gasteiger partial charge on any atom is 0.410 e. The fourth-order valence-electron chi connectivity index (χ4n) is 8.51. The minimum absolute atomic E-state index is 0.0170. The molecule has 11 heteroatoms. The molecule has 3 aliphatic carbocycles. The first-order chi connectivity index (χ1) is 21.3. The highest BCUT2D eigenvalue weighted by molar-refractivity contribution is 6.31. The summed E-state index contributed by atoms with van der Waals surface area (Å²) < 4.78 is 28.7. The Morgan fingerprint density at radius 3 is 2.75 bits per heavy atom. The van der Waals surface area contributed by atoms with Crippen LogP contribution >= 0.6 is 11.6 Å². The summed E-state index contributed by atoms with van der Waals surface area (Å²) in [7, 11) is 2.13. The molecule has 2 bridgehead atoms. The van der Waals surface area contributed by atoms with Gasteiger partial charge >= 0.3 is 12.1 Å². The highest BCUT2D eigenvalue weighted by atomic mass is 35.5. The van der Waals surface area contributed by atoms with E-state index in [-0.39, 0.29) is 24.6 Å². The molecule has 1 spiro atoms. The Hall–Kier alpha value is -3.42. The summed E-state index contributed by atoms with van der Waals surface area (Å²) in [6, 6.07) is 7.80. The molecule has 1 aromatic heterocycles. The van der Waals surface area contributed by atoms with Gasteiger partial charge in [0.25, 0.3) is 0 Å². The Morgan fingerprint density at radius 2 is 2.02 bits per heavy atom. The summed E-state index contributed by atoms with van der Waals surface area (Å²) in [6.45, 7) is 6.42. The van der Waals surface area contributed by atoms with E-state index in [0.29, 0.717) is 68.0 Å². The van der Waals surface area contributed by atoms with Crippen molar-refractivity contribution in [2.24, 2.45) is 5.92 Å². The topological polar surface area (TPSA) is 94.8 Å². The molecule has 3 saturated heterocycles. The number of carbonyl (C=O) groups excluding carboxylic acids is 1. The average Bonchev–Trinajstić information content (AvgIpc) is 3.65. The SMILES string of the molecule is C=CCOC(=O)N1CCN(c2nc(OCC34CC(CN3C)C4)nc3c2CC[C@@]2(CCc4c(Cl)cccc42)C3F)C[C@@H]1CC#N. The van der Waals surface area contributed by atoms with E-state index in [1.165, 1.54) is 6.08 Å². The number of likely N-dealkylation sites (N-methyl/N-ethyl adjacent to an activating group) is 1. The van der Waals surface area contributed by atoms with Crippen molar-refractivity contribution < 1.29 is 18.7 Å². The zero-order valence-electron chi connectivity index (χ0n) is 25.1. The fourth-order valence-corrected chi connectivity index (χ4v) is 8.78. The Morgan fingerprint density at radius 1 is 1.23 bits per heavy atom. The molecule has 232 valence electrons. The number of nitrogens with zero attached hydrogens (tertiary/aromatic N) is 6. The third kappa shape index (κ3) is 4.62. The molecule has 0 N–H and O–H groups in total. The second kappa shape index (κ2) is 11.2. The molecular weight excluding hydrogens is 583 g/mol. The van der Waals surface area contributed by atoms with E-state index < -0.39 is 23.7 Å². The third-order valence-electron chi connectivity index (χ3n) is 10.8. The lowest BCUT2D eigenvalue weighted by molar-refractivity contribution is 0.0583. The lowest BCUT2D eigenvalue weighted by Crippen LogP contribution is -2.56.